The first kappa shape index (κ1) is 26.5. The fourth-order valence-corrected chi connectivity index (χ4v) is 0. The van der Waals surface area contributed by atoms with Gasteiger partial charge < -0.3 is 30.0 Å². The van der Waals surface area contributed by atoms with Crippen molar-refractivity contribution in [2.24, 2.45) is 0 Å². The predicted molar refractivity (Wildman–Crippen MR) is 53.3 cm³/mol. The Morgan fingerprint density at radius 3 is 1.00 bits per heavy atom. The molecule has 4 N–H and O–H groups in total. The van der Waals surface area contributed by atoms with Gasteiger partial charge in [0.1, 0.15) is 0 Å². The van der Waals surface area contributed by atoms with Gasteiger partial charge in [0.2, 0.25) is 0 Å². The van der Waals surface area contributed by atoms with Crippen molar-refractivity contribution in [2.45, 2.75) is 26.1 Å². The number of rotatable bonds is 2. The third-order valence-electron chi connectivity index (χ3n) is 0.682. The van der Waals surface area contributed by atoms with E-state index in [1.165, 1.54) is 0 Å². The smallest absolute Gasteiger partial charge is 0.547 e. The molecule has 0 aromatic rings. The maximum absolute atomic E-state index is 9.34. The number of aliphatic carboxylic acids is 2. The monoisotopic (exact) mass is 316 g/mol. The van der Waals surface area contributed by atoms with E-state index in [4.69, 9.17) is 27.7 Å². The van der Waals surface area contributed by atoms with Crippen molar-refractivity contribution in [2.75, 3.05) is 0 Å². The zero-order chi connectivity index (χ0) is 14.8. The molecule has 0 radical (unpaired) electrons. The average molecular weight is 316 g/mol. The molecule has 0 fully saturated rings. The van der Waals surface area contributed by atoms with Crippen LogP contribution in [0.15, 0.2) is 0 Å². The van der Waals surface area contributed by atoms with Crippen LogP contribution in [0.4, 0.5) is 0 Å². The second-order valence-corrected chi connectivity index (χ2v) is 3.33. The molecular weight excluding hydrogens is 304 g/mol. The van der Waals surface area contributed by atoms with E-state index < -0.39 is 34.5 Å². The maximum atomic E-state index is 9.34. The largest absolute Gasteiger partial charge is 2.00 e. The number of carbonyl (C=O) groups is 2. The SMILES string of the molecule is CC(O)C(=O)[O-].CC(O)C(=O)[O-].O=S(=O)(O)O.[Ca+2]. The van der Waals surface area contributed by atoms with Crippen molar-refractivity contribution < 1.29 is 47.5 Å². The molecule has 0 rings (SSSR count). The van der Waals surface area contributed by atoms with E-state index in [0.717, 1.165) is 13.8 Å². The fraction of sp³-hybridized carbons (Fsp3) is 0.667. The molecule has 0 bridgehead atoms. The Morgan fingerprint density at radius 1 is 0.944 bits per heavy atom. The van der Waals surface area contributed by atoms with Crippen LogP contribution in [0.3, 0.4) is 0 Å². The Labute approximate surface area is 133 Å². The molecular formula is C6H12CaO10S. The molecule has 0 aliphatic heterocycles. The standard InChI is InChI=1S/2C3H6O3.Ca.H2O4S/c2*1-2(4)3(5)6;;1-5(2,3)4/h2*2,4H,1H3,(H,5,6);;(H2,1,2,3,4)/q;;+2;/p-2. The number of aliphatic hydroxyl groups excluding tert-OH is 2. The van der Waals surface area contributed by atoms with E-state index in [0.29, 0.717) is 0 Å². The molecule has 0 saturated carbocycles. The van der Waals surface area contributed by atoms with Crippen LogP contribution in [-0.4, -0.2) is 89.6 Å². The second-order valence-electron chi connectivity index (χ2n) is 2.44. The minimum absolute atomic E-state index is 0. The van der Waals surface area contributed by atoms with Crippen LogP contribution >= 0.6 is 0 Å². The Balaban J connectivity index is -0.0000000799. The molecule has 2 atom stereocenters. The van der Waals surface area contributed by atoms with Gasteiger partial charge in [-0.15, -0.1) is 0 Å². The Bertz CT molecular complexity index is 295. The molecule has 0 aliphatic carbocycles. The van der Waals surface area contributed by atoms with Gasteiger partial charge in [0.05, 0.1) is 24.1 Å². The molecule has 104 valence electrons. The van der Waals surface area contributed by atoms with E-state index in [2.05, 4.69) is 0 Å². The van der Waals surface area contributed by atoms with Crippen molar-refractivity contribution in [1.82, 2.24) is 0 Å². The summed E-state index contributed by atoms with van der Waals surface area (Å²) in [6, 6.07) is 0. The summed E-state index contributed by atoms with van der Waals surface area (Å²) in [5.41, 5.74) is 0. The van der Waals surface area contributed by atoms with Gasteiger partial charge in [-0.25, -0.2) is 0 Å². The molecule has 0 amide bonds. The summed E-state index contributed by atoms with van der Waals surface area (Å²) in [6.45, 7) is 2.27. The van der Waals surface area contributed by atoms with Crippen LogP contribution in [-0.2, 0) is 20.0 Å². The molecule has 0 aromatic heterocycles. The van der Waals surface area contributed by atoms with Crippen LogP contribution in [0.2, 0.25) is 0 Å². The number of carboxylic acid groups (broad SMARTS) is 2. The molecule has 18 heavy (non-hydrogen) atoms. The van der Waals surface area contributed by atoms with E-state index >= 15 is 0 Å². The third kappa shape index (κ3) is 56.3. The van der Waals surface area contributed by atoms with Gasteiger partial charge in [-0.2, -0.15) is 8.42 Å². The molecule has 2 unspecified atom stereocenters. The summed E-state index contributed by atoms with van der Waals surface area (Å²) < 4.78 is 31.6. The minimum atomic E-state index is -4.67. The fourth-order valence-electron chi connectivity index (χ4n) is 0. The third-order valence-corrected chi connectivity index (χ3v) is 0.682. The Kier molecular flexibility index (Phi) is 19.8. The van der Waals surface area contributed by atoms with Gasteiger partial charge in [0.25, 0.3) is 0 Å². The van der Waals surface area contributed by atoms with Gasteiger partial charge in [0.15, 0.2) is 0 Å². The van der Waals surface area contributed by atoms with Gasteiger partial charge in [-0.1, -0.05) is 0 Å². The number of carbonyl (C=O) groups excluding carboxylic acids is 2. The zero-order valence-electron chi connectivity index (χ0n) is 9.51. The first-order valence-corrected chi connectivity index (χ1v) is 5.16. The van der Waals surface area contributed by atoms with Gasteiger partial charge >= 0.3 is 48.1 Å². The number of aliphatic hydroxyl groups is 2. The summed E-state index contributed by atoms with van der Waals surface area (Å²) >= 11 is 0. The second kappa shape index (κ2) is 13.4. The predicted octanol–water partition coefficient (Wildman–Crippen LogP) is -4.80. The number of hydrogen-bond acceptors (Lipinski definition) is 8. The zero-order valence-corrected chi connectivity index (χ0v) is 12.5. The topological polar surface area (TPSA) is 195 Å². The van der Waals surface area contributed by atoms with E-state index in [-0.39, 0.29) is 37.7 Å². The Morgan fingerprint density at radius 2 is 1.00 bits per heavy atom. The van der Waals surface area contributed by atoms with Crippen LogP contribution < -0.4 is 10.2 Å². The van der Waals surface area contributed by atoms with Gasteiger partial charge in [0, 0.05) is 0 Å². The van der Waals surface area contributed by atoms with Crippen molar-refractivity contribution in [3.63, 3.8) is 0 Å². The van der Waals surface area contributed by atoms with Crippen molar-refractivity contribution >= 4 is 60.1 Å². The summed E-state index contributed by atoms with van der Waals surface area (Å²) in [7, 11) is -4.67. The average Bonchev–Trinajstić information content (AvgIpc) is 2.01. The van der Waals surface area contributed by atoms with E-state index in [1.54, 1.807) is 0 Å². The number of hydrogen-bond donors (Lipinski definition) is 4. The quantitative estimate of drug-likeness (QED) is 0.283. The molecule has 0 saturated heterocycles. The van der Waals surface area contributed by atoms with E-state index in [9.17, 15) is 19.8 Å². The first-order chi connectivity index (χ1) is 7.29. The Hall–Kier alpha value is -0.0103. The summed E-state index contributed by atoms with van der Waals surface area (Å²) in [5, 5.41) is 34.6. The van der Waals surface area contributed by atoms with Crippen LogP contribution in [0.25, 0.3) is 0 Å². The number of carboxylic acids is 2. The molecule has 12 heteroatoms. The van der Waals surface area contributed by atoms with E-state index in [1.807, 2.05) is 0 Å². The normalized spacial score (nSPS) is 12.3. The van der Waals surface area contributed by atoms with Crippen LogP contribution in [0.1, 0.15) is 13.8 Å². The molecule has 0 aliphatic rings. The van der Waals surface area contributed by atoms with Crippen LogP contribution in [0, 0.1) is 0 Å². The van der Waals surface area contributed by atoms with Gasteiger partial charge in [-0.05, 0) is 13.8 Å². The molecule has 0 heterocycles. The van der Waals surface area contributed by atoms with Gasteiger partial charge in [-0.3, -0.25) is 9.11 Å². The van der Waals surface area contributed by atoms with Crippen LogP contribution in [0.5, 0.6) is 0 Å². The summed E-state index contributed by atoms with van der Waals surface area (Å²) in [4.78, 5) is 18.7. The summed E-state index contributed by atoms with van der Waals surface area (Å²) in [5.74, 6) is -2.87. The molecule has 10 nitrogen and oxygen atoms in total. The summed E-state index contributed by atoms with van der Waals surface area (Å²) in [6.07, 6.45) is -2.69. The maximum Gasteiger partial charge on any atom is 2.00 e. The van der Waals surface area contributed by atoms with Crippen molar-refractivity contribution in [3.8, 4) is 0 Å². The first-order valence-electron chi connectivity index (χ1n) is 3.76. The minimum Gasteiger partial charge on any atom is -0.547 e. The molecule has 0 spiro atoms. The van der Waals surface area contributed by atoms with Crippen molar-refractivity contribution in [1.29, 1.82) is 0 Å². The molecule has 0 aromatic carbocycles. The van der Waals surface area contributed by atoms with Crippen molar-refractivity contribution in [3.05, 3.63) is 0 Å².